The summed E-state index contributed by atoms with van der Waals surface area (Å²) in [5.74, 6) is 0.578. The fourth-order valence-electron chi connectivity index (χ4n) is 2.73. The van der Waals surface area contributed by atoms with E-state index in [4.69, 9.17) is 9.47 Å². The molecule has 0 aromatic heterocycles. The van der Waals surface area contributed by atoms with E-state index in [1.807, 2.05) is 6.92 Å². The lowest BCUT2D eigenvalue weighted by Gasteiger charge is -2.13. The van der Waals surface area contributed by atoms with Crippen LogP contribution in [0.3, 0.4) is 0 Å². The molecule has 0 amide bonds. The van der Waals surface area contributed by atoms with Gasteiger partial charge in [0.1, 0.15) is 0 Å². The van der Waals surface area contributed by atoms with E-state index in [1.54, 1.807) is 6.07 Å². The van der Waals surface area contributed by atoms with Crippen molar-refractivity contribution < 1.29 is 22.6 Å². The SMILES string of the molecule is CCNC(=NCc1cccc(C(F)(F)F)c1)NCCCOCC1CCCO1.I. The number of ether oxygens (including phenoxy) is 2. The first-order valence-electron chi connectivity index (χ1n) is 9.36. The maximum absolute atomic E-state index is 12.8. The van der Waals surface area contributed by atoms with Gasteiger partial charge in [-0.1, -0.05) is 12.1 Å². The third kappa shape index (κ3) is 9.42. The molecule has 5 nitrogen and oxygen atoms in total. The van der Waals surface area contributed by atoms with Crippen molar-refractivity contribution in [2.24, 2.45) is 4.99 Å². The molecule has 160 valence electrons. The summed E-state index contributed by atoms with van der Waals surface area (Å²) in [6.45, 7) is 5.53. The van der Waals surface area contributed by atoms with Crippen LogP contribution in [0.15, 0.2) is 29.3 Å². The molecule has 2 rings (SSSR count). The largest absolute Gasteiger partial charge is 0.416 e. The predicted molar refractivity (Wildman–Crippen MR) is 114 cm³/mol. The minimum Gasteiger partial charge on any atom is -0.379 e. The Kier molecular flexibility index (Phi) is 11.8. The standard InChI is InChI=1S/C19H28F3N3O2.HI/c1-2-23-18(24-9-5-10-26-14-17-8-4-11-27-17)25-13-15-6-3-7-16(12-15)19(20,21)22;/h3,6-7,12,17H,2,4-5,8-11,13-14H2,1H3,(H2,23,24,25);1H. The zero-order valence-electron chi connectivity index (χ0n) is 16.1. The van der Waals surface area contributed by atoms with E-state index in [0.29, 0.717) is 37.8 Å². The van der Waals surface area contributed by atoms with E-state index in [0.717, 1.165) is 38.0 Å². The van der Waals surface area contributed by atoms with Gasteiger partial charge in [0.25, 0.3) is 0 Å². The number of alkyl halides is 3. The van der Waals surface area contributed by atoms with E-state index >= 15 is 0 Å². The number of nitrogens with one attached hydrogen (secondary N) is 2. The van der Waals surface area contributed by atoms with Crippen LogP contribution in [-0.4, -0.2) is 45.0 Å². The molecule has 1 aromatic carbocycles. The molecule has 1 saturated heterocycles. The van der Waals surface area contributed by atoms with Crippen molar-refractivity contribution in [3.8, 4) is 0 Å². The maximum atomic E-state index is 12.8. The summed E-state index contributed by atoms with van der Waals surface area (Å²) in [4.78, 5) is 4.35. The number of aliphatic imine (C=N–C) groups is 1. The van der Waals surface area contributed by atoms with Crippen molar-refractivity contribution in [2.75, 3.05) is 32.9 Å². The second kappa shape index (κ2) is 13.2. The number of hydrogen-bond acceptors (Lipinski definition) is 3. The van der Waals surface area contributed by atoms with Gasteiger partial charge in [-0.15, -0.1) is 24.0 Å². The van der Waals surface area contributed by atoms with Gasteiger partial charge in [0.2, 0.25) is 0 Å². The summed E-state index contributed by atoms with van der Waals surface area (Å²) in [6.07, 6.45) is -1.15. The summed E-state index contributed by atoms with van der Waals surface area (Å²) in [7, 11) is 0. The van der Waals surface area contributed by atoms with Crippen LogP contribution in [0.1, 0.15) is 37.3 Å². The van der Waals surface area contributed by atoms with Crippen molar-refractivity contribution in [1.82, 2.24) is 10.6 Å². The first kappa shape index (κ1) is 25.0. The number of halogens is 4. The molecule has 0 spiro atoms. The minimum atomic E-state index is -4.34. The average molecular weight is 515 g/mol. The number of nitrogens with zero attached hydrogens (tertiary/aromatic N) is 1. The second-order valence-electron chi connectivity index (χ2n) is 6.38. The van der Waals surface area contributed by atoms with Crippen LogP contribution in [0.5, 0.6) is 0 Å². The summed E-state index contributed by atoms with van der Waals surface area (Å²) in [5, 5.41) is 6.26. The third-order valence-corrected chi connectivity index (χ3v) is 4.10. The van der Waals surface area contributed by atoms with Gasteiger partial charge in [0, 0.05) is 26.3 Å². The highest BCUT2D eigenvalue weighted by molar-refractivity contribution is 14.0. The zero-order chi connectivity index (χ0) is 19.5. The Hall–Kier alpha value is -1.07. The van der Waals surface area contributed by atoms with Crippen molar-refractivity contribution in [3.05, 3.63) is 35.4 Å². The molecule has 1 aliphatic rings. The highest BCUT2D eigenvalue weighted by Crippen LogP contribution is 2.29. The lowest BCUT2D eigenvalue weighted by Crippen LogP contribution is -2.38. The molecular formula is C19H29F3IN3O2. The summed E-state index contributed by atoms with van der Waals surface area (Å²) in [6, 6.07) is 5.24. The summed E-state index contributed by atoms with van der Waals surface area (Å²) >= 11 is 0. The second-order valence-corrected chi connectivity index (χ2v) is 6.38. The van der Waals surface area contributed by atoms with Gasteiger partial charge in [-0.05, 0) is 43.9 Å². The van der Waals surface area contributed by atoms with E-state index in [2.05, 4.69) is 15.6 Å². The molecule has 0 saturated carbocycles. The van der Waals surface area contributed by atoms with E-state index in [-0.39, 0.29) is 36.6 Å². The Morgan fingerprint density at radius 2 is 2.14 bits per heavy atom. The fourth-order valence-corrected chi connectivity index (χ4v) is 2.73. The van der Waals surface area contributed by atoms with Gasteiger partial charge >= 0.3 is 6.18 Å². The Morgan fingerprint density at radius 3 is 2.82 bits per heavy atom. The highest BCUT2D eigenvalue weighted by Gasteiger charge is 2.30. The van der Waals surface area contributed by atoms with Gasteiger partial charge in [0.05, 0.1) is 24.8 Å². The molecule has 1 heterocycles. The van der Waals surface area contributed by atoms with Crippen LogP contribution in [0.2, 0.25) is 0 Å². The van der Waals surface area contributed by atoms with E-state index < -0.39 is 11.7 Å². The first-order chi connectivity index (χ1) is 13.0. The number of hydrogen-bond donors (Lipinski definition) is 2. The molecular weight excluding hydrogens is 486 g/mol. The van der Waals surface area contributed by atoms with Crippen LogP contribution in [0.25, 0.3) is 0 Å². The number of rotatable bonds is 9. The zero-order valence-corrected chi connectivity index (χ0v) is 18.4. The Bertz CT molecular complexity index is 594. The normalized spacial score (nSPS) is 17.3. The Morgan fingerprint density at radius 1 is 1.32 bits per heavy atom. The third-order valence-electron chi connectivity index (χ3n) is 4.10. The molecule has 0 bridgehead atoms. The van der Waals surface area contributed by atoms with Gasteiger partial charge in [-0.25, -0.2) is 4.99 Å². The molecule has 1 aromatic rings. The highest BCUT2D eigenvalue weighted by atomic mass is 127. The molecule has 1 atom stereocenters. The number of guanidine groups is 1. The quantitative estimate of drug-likeness (QED) is 0.226. The topological polar surface area (TPSA) is 54.9 Å². The molecule has 0 radical (unpaired) electrons. The van der Waals surface area contributed by atoms with Crippen LogP contribution in [-0.2, 0) is 22.2 Å². The van der Waals surface area contributed by atoms with Crippen LogP contribution < -0.4 is 10.6 Å². The van der Waals surface area contributed by atoms with Crippen LogP contribution in [0.4, 0.5) is 13.2 Å². The van der Waals surface area contributed by atoms with E-state index in [1.165, 1.54) is 6.07 Å². The molecule has 0 aliphatic carbocycles. The van der Waals surface area contributed by atoms with Crippen molar-refractivity contribution in [1.29, 1.82) is 0 Å². The van der Waals surface area contributed by atoms with Crippen molar-refractivity contribution in [2.45, 2.75) is 45.0 Å². The van der Waals surface area contributed by atoms with Gasteiger partial charge in [-0.3, -0.25) is 0 Å². The van der Waals surface area contributed by atoms with Crippen molar-refractivity contribution in [3.63, 3.8) is 0 Å². The maximum Gasteiger partial charge on any atom is 0.416 e. The first-order valence-corrected chi connectivity index (χ1v) is 9.36. The van der Waals surface area contributed by atoms with E-state index in [9.17, 15) is 13.2 Å². The van der Waals surface area contributed by atoms with Crippen LogP contribution >= 0.6 is 24.0 Å². The number of benzene rings is 1. The predicted octanol–water partition coefficient (Wildman–Crippen LogP) is 3.96. The van der Waals surface area contributed by atoms with Gasteiger partial charge in [-0.2, -0.15) is 13.2 Å². The molecule has 1 aliphatic heterocycles. The van der Waals surface area contributed by atoms with Gasteiger partial charge < -0.3 is 20.1 Å². The van der Waals surface area contributed by atoms with Crippen LogP contribution in [0, 0.1) is 0 Å². The molecule has 9 heteroatoms. The molecule has 1 fully saturated rings. The molecule has 28 heavy (non-hydrogen) atoms. The fraction of sp³-hybridized carbons (Fsp3) is 0.632. The monoisotopic (exact) mass is 515 g/mol. The van der Waals surface area contributed by atoms with Gasteiger partial charge in [0.15, 0.2) is 5.96 Å². The minimum absolute atomic E-state index is 0. The summed E-state index contributed by atoms with van der Waals surface area (Å²) in [5.41, 5.74) is -0.140. The lowest BCUT2D eigenvalue weighted by atomic mass is 10.1. The Labute approximate surface area is 181 Å². The molecule has 1 unspecified atom stereocenters. The Balaban J connectivity index is 0.00000392. The molecule has 2 N–H and O–H groups in total. The van der Waals surface area contributed by atoms with Crippen molar-refractivity contribution >= 4 is 29.9 Å². The summed E-state index contributed by atoms with van der Waals surface area (Å²) < 4.78 is 49.4. The lowest BCUT2D eigenvalue weighted by molar-refractivity contribution is -0.137. The smallest absolute Gasteiger partial charge is 0.379 e. The average Bonchev–Trinajstić information content (AvgIpc) is 3.15.